The molecular formula is C11H15FN2O2. The molecule has 0 spiro atoms. The fourth-order valence-corrected chi connectivity index (χ4v) is 1.20. The first-order valence-electron chi connectivity index (χ1n) is 5.11. The Labute approximate surface area is 93.6 Å². The maximum Gasteiger partial charge on any atom is 0.233 e. The molecule has 0 heterocycles. The predicted octanol–water partition coefficient (Wildman–Crippen LogP) is 1.36. The number of benzene rings is 1. The summed E-state index contributed by atoms with van der Waals surface area (Å²) in [6.07, 6.45) is 1.70. The van der Waals surface area contributed by atoms with Crippen LogP contribution in [0.3, 0.4) is 0 Å². The average Bonchev–Trinajstić information content (AvgIpc) is 2.30. The van der Waals surface area contributed by atoms with Gasteiger partial charge in [-0.2, -0.15) is 0 Å². The summed E-state index contributed by atoms with van der Waals surface area (Å²) in [6, 6.07) is 6.23. The van der Waals surface area contributed by atoms with E-state index in [0.717, 1.165) is 0 Å². The Kier molecular flexibility index (Phi) is 5.28. The number of ether oxygens (including phenoxy) is 1. The molecule has 0 fully saturated rings. The van der Waals surface area contributed by atoms with Gasteiger partial charge in [0, 0.05) is 6.42 Å². The number of carbonyl (C=O) groups is 1. The molecule has 0 bridgehead atoms. The fraction of sp³-hybridized carbons (Fsp3) is 0.364. The Bertz CT molecular complexity index is 345. The minimum absolute atomic E-state index is 0.203. The number of halogens is 1. The Hall–Kier alpha value is -1.62. The van der Waals surface area contributed by atoms with Gasteiger partial charge < -0.3 is 4.74 Å². The van der Waals surface area contributed by atoms with Crippen LogP contribution in [0.25, 0.3) is 0 Å². The Morgan fingerprint density at radius 2 is 2.12 bits per heavy atom. The highest BCUT2D eigenvalue weighted by Crippen LogP contribution is 2.15. The predicted molar refractivity (Wildman–Crippen MR) is 58.1 cm³/mol. The number of carbonyl (C=O) groups excluding carboxylic acids is 1. The molecule has 88 valence electrons. The summed E-state index contributed by atoms with van der Waals surface area (Å²) in [5, 5.41) is 0. The van der Waals surface area contributed by atoms with Crippen LogP contribution in [0.5, 0.6) is 5.75 Å². The van der Waals surface area contributed by atoms with Crippen molar-refractivity contribution in [3.8, 4) is 5.75 Å². The molecule has 4 nitrogen and oxygen atoms in total. The average molecular weight is 226 g/mol. The van der Waals surface area contributed by atoms with E-state index in [-0.39, 0.29) is 17.5 Å². The Balaban J connectivity index is 2.17. The quantitative estimate of drug-likeness (QED) is 0.333. The molecule has 5 heteroatoms. The lowest BCUT2D eigenvalue weighted by atomic mass is 10.2. The first-order valence-corrected chi connectivity index (χ1v) is 5.11. The second kappa shape index (κ2) is 6.79. The van der Waals surface area contributed by atoms with Crippen molar-refractivity contribution in [2.24, 2.45) is 5.84 Å². The van der Waals surface area contributed by atoms with Crippen LogP contribution in [-0.4, -0.2) is 12.5 Å². The summed E-state index contributed by atoms with van der Waals surface area (Å²) in [6.45, 7) is 0.388. The molecule has 0 aliphatic carbocycles. The number of rotatable bonds is 6. The molecule has 0 aliphatic heterocycles. The monoisotopic (exact) mass is 226 g/mol. The van der Waals surface area contributed by atoms with Crippen molar-refractivity contribution in [1.29, 1.82) is 0 Å². The number of hydrazine groups is 1. The van der Waals surface area contributed by atoms with E-state index in [2.05, 4.69) is 0 Å². The molecule has 1 aromatic carbocycles. The Morgan fingerprint density at radius 1 is 1.38 bits per heavy atom. The molecule has 3 N–H and O–H groups in total. The van der Waals surface area contributed by atoms with E-state index in [4.69, 9.17) is 10.6 Å². The molecule has 0 aromatic heterocycles. The van der Waals surface area contributed by atoms with Gasteiger partial charge in [0.1, 0.15) is 0 Å². The van der Waals surface area contributed by atoms with Gasteiger partial charge in [0.15, 0.2) is 11.6 Å². The van der Waals surface area contributed by atoms with Gasteiger partial charge in [0.2, 0.25) is 5.91 Å². The minimum atomic E-state index is -0.373. The van der Waals surface area contributed by atoms with Gasteiger partial charge in [-0.25, -0.2) is 10.2 Å². The maximum atomic E-state index is 13.1. The van der Waals surface area contributed by atoms with Crippen molar-refractivity contribution in [1.82, 2.24) is 5.43 Å². The summed E-state index contributed by atoms with van der Waals surface area (Å²) in [5.41, 5.74) is 2.04. The minimum Gasteiger partial charge on any atom is -0.491 e. The molecule has 16 heavy (non-hydrogen) atoms. The van der Waals surface area contributed by atoms with Crippen LogP contribution in [0.1, 0.15) is 19.3 Å². The summed E-state index contributed by atoms with van der Waals surface area (Å²) < 4.78 is 18.3. The van der Waals surface area contributed by atoms with Gasteiger partial charge >= 0.3 is 0 Å². The highest BCUT2D eigenvalue weighted by atomic mass is 19.1. The van der Waals surface area contributed by atoms with Crippen LogP contribution < -0.4 is 16.0 Å². The third kappa shape index (κ3) is 4.27. The van der Waals surface area contributed by atoms with E-state index in [1.54, 1.807) is 18.2 Å². The van der Waals surface area contributed by atoms with Gasteiger partial charge in [-0.15, -0.1) is 0 Å². The standard InChI is InChI=1S/C11H15FN2O2/c12-9-5-1-2-6-10(9)16-8-4-3-7-11(15)14-13/h1-2,5-6H,3-4,7-8,13H2,(H,14,15). The smallest absolute Gasteiger partial charge is 0.233 e. The van der Waals surface area contributed by atoms with Crippen molar-refractivity contribution in [2.75, 3.05) is 6.61 Å². The molecular weight excluding hydrogens is 211 g/mol. The van der Waals surface area contributed by atoms with Gasteiger partial charge in [-0.3, -0.25) is 10.2 Å². The summed E-state index contributed by atoms with van der Waals surface area (Å²) in [4.78, 5) is 10.8. The normalized spacial score (nSPS) is 9.88. The van der Waals surface area contributed by atoms with E-state index < -0.39 is 0 Å². The summed E-state index contributed by atoms with van der Waals surface area (Å²) in [5.74, 6) is 4.58. The molecule has 1 amide bonds. The molecule has 0 saturated carbocycles. The molecule has 0 unspecified atom stereocenters. The lowest BCUT2D eigenvalue weighted by Gasteiger charge is -2.06. The molecule has 0 atom stereocenters. The van der Waals surface area contributed by atoms with Crippen LogP contribution in [0.4, 0.5) is 4.39 Å². The van der Waals surface area contributed by atoms with Crippen molar-refractivity contribution >= 4 is 5.91 Å². The van der Waals surface area contributed by atoms with Crippen LogP contribution in [0.2, 0.25) is 0 Å². The van der Waals surface area contributed by atoms with Crippen molar-refractivity contribution < 1.29 is 13.9 Å². The van der Waals surface area contributed by atoms with E-state index in [0.29, 0.717) is 25.9 Å². The zero-order valence-corrected chi connectivity index (χ0v) is 8.91. The first kappa shape index (κ1) is 12.4. The second-order valence-electron chi connectivity index (χ2n) is 3.30. The highest BCUT2D eigenvalue weighted by molar-refractivity contribution is 5.75. The Morgan fingerprint density at radius 3 is 2.81 bits per heavy atom. The zero-order valence-electron chi connectivity index (χ0n) is 8.91. The van der Waals surface area contributed by atoms with Crippen molar-refractivity contribution in [2.45, 2.75) is 19.3 Å². The van der Waals surface area contributed by atoms with Gasteiger partial charge in [-0.05, 0) is 25.0 Å². The van der Waals surface area contributed by atoms with Gasteiger partial charge in [-0.1, -0.05) is 12.1 Å². The molecule has 1 aromatic rings. The van der Waals surface area contributed by atoms with Crippen molar-refractivity contribution in [3.05, 3.63) is 30.1 Å². The van der Waals surface area contributed by atoms with E-state index in [1.807, 2.05) is 5.43 Å². The lowest BCUT2D eigenvalue weighted by molar-refractivity contribution is -0.121. The number of para-hydroxylation sites is 1. The van der Waals surface area contributed by atoms with Crippen LogP contribution in [-0.2, 0) is 4.79 Å². The number of hydrogen-bond donors (Lipinski definition) is 2. The topological polar surface area (TPSA) is 64.3 Å². The SMILES string of the molecule is NNC(=O)CCCCOc1ccccc1F. The largest absolute Gasteiger partial charge is 0.491 e. The second-order valence-corrected chi connectivity index (χ2v) is 3.30. The number of amides is 1. The van der Waals surface area contributed by atoms with Gasteiger partial charge in [0.05, 0.1) is 6.61 Å². The zero-order chi connectivity index (χ0) is 11.8. The third-order valence-electron chi connectivity index (χ3n) is 2.05. The molecule has 1 rings (SSSR count). The van der Waals surface area contributed by atoms with Gasteiger partial charge in [0.25, 0.3) is 0 Å². The third-order valence-corrected chi connectivity index (χ3v) is 2.05. The highest BCUT2D eigenvalue weighted by Gasteiger charge is 2.01. The lowest BCUT2D eigenvalue weighted by Crippen LogP contribution is -2.29. The number of nitrogens with one attached hydrogen (secondary N) is 1. The molecule has 0 saturated heterocycles. The van der Waals surface area contributed by atoms with Crippen molar-refractivity contribution in [3.63, 3.8) is 0 Å². The van der Waals surface area contributed by atoms with E-state index >= 15 is 0 Å². The van der Waals surface area contributed by atoms with E-state index in [1.165, 1.54) is 6.07 Å². The number of nitrogens with two attached hydrogens (primary N) is 1. The fourth-order valence-electron chi connectivity index (χ4n) is 1.20. The molecule has 0 radical (unpaired) electrons. The van der Waals surface area contributed by atoms with Crippen LogP contribution >= 0.6 is 0 Å². The summed E-state index contributed by atoms with van der Waals surface area (Å²) in [7, 11) is 0. The number of unbranched alkanes of at least 4 members (excludes halogenated alkanes) is 1. The number of hydrogen-bond acceptors (Lipinski definition) is 3. The van der Waals surface area contributed by atoms with E-state index in [9.17, 15) is 9.18 Å². The summed E-state index contributed by atoms with van der Waals surface area (Å²) >= 11 is 0. The van der Waals surface area contributed by atoms with Crippen LogP contribution in [0.15, 0.2) is 24.3 Å². The maximum absolute atomic E-state index is 13.1. The first-order chi connectivity index (χ1) is 7.74. The molecule has 0 aliphatic rings. The van der Waals surface area contributed by atoms with Crippen LogP contribution in [0, 0.1) is 5.82 Å².